The molecule has 0 spiro atoms. The second-order valence-electron chi connectivity index (χ2n) is 5.23. The van der Waals surface area contributed by atoms with Crippen molar-refractivity contribution >= 4 is 11.8 Å². The van der Waals surface area contributed by atoms with Gasteiger partial charge in [0.05, 0.1) is 6.10 Å². The van der Waals surface area contributed by atoms with E-state index in [4.69, 9.17) is 4.42 Å². The summed E-state index contributed by atoms with van der Waals surface area (Å²) in [7, 11) is 0. The highest BCUT2D eigenvalue weighted by Crippen LogP contribution is 2.28. The van der Waals surface area contributed by atoms with Crippen LogP contribution in [0.5, 0.6) is 0 Å². The zero-order valence-corrected chi connectivity index (χ0v) is 13.6. The number of aryl methyl sites for hydroxylation is 1. The molecule has 3 aromatic rings. The molecule has 0 fully saturated rings. The van der Waals surface area contributed by atoms with Crippen LogP contribution in [0.2, 0.25) is 0 Å². The maximum Gasteiger partial charge on any atom is 0.276 e. The molecule has 0 saturated heterocycles. The fourth-order valence-corrected chi connectivity index (χ4v) is 2.81. The number of benzene rings is 2. The van der Waals surface area contributed by atoms with Gasteiger partial charge in [0.15, 0.2) is 0 Å². The summed E-state index contributed by atoms with van der Waals surface area (Å²) in [5.74, 6) is -0.984. The van der Waals surface area contributed by atoms with Crippen LogP contribution in [0.4, 0.5) is 8.78 Å². The Balaban J connectivity index is 1.65. The first kappa shape index (κ1) is 16.6. The van der Waals surface area contributed by atoms with Crippen LogP contribution < -0.4 is 0 Å². The maximum absolute atomic E-state index is 13.6. The quantitative estimate of drug-likeness (QED) is 0.702. The molecule has 1 aromatic heterocycles. The number of halogens is 2. The summed E-state index contributed by atoms with van der Waals surface area (Å²) < 4.78 is 32.0. The first-order valence-corrected chi connectivity index (χ1v) is 8.18. The lowest BCUT2D eigenvalue weighted by Crippen LogP contribution is -2.04. The van der Waals surface area contributed by atoms with E-state index < -0.39 is 17.7 Å². The molecule has 1 heterocycles. The minimum atomic E-state index is -1.11. The zero-order chi connectivity index (χ0) is 17.1. The van der Waals surface area contributed by atoms with Crippen molar-refractivity contribution in [2.75, 3.05) is 5.75 Å². The molecule has 0 aliphatic rings. The van der Waals surface area contributed by atoms with Gasteiger partial charge in [-0.2, -0.15) is 0 Å². The van der Waals surface area contributed by atoms with Crippen molar-refractivity contribution in [3.63, 3.8) is 0 Å². The summed E-state index contributed by atoms with van der Waals surface area (Å²) in [6.07, 6.45) is -1.11. The summed E-state index contributed by atoms with van der Waals surface area (Å²) in [5, 5.41) is 18.2. The summed E-state index contributed by atoms with van der Waals surface area (Å²) in [6.45, 7) is 1.98. The number of aliphatic hydroxyl groups excluding tert-OH is 1. The fraction of sp³-hybridized carbons (Fsp3) is 0.176. The molecule has 124 valence electrons. The van der Waals surface area contributed by atoms with E-state index >= 15 is 0 Å². The van der Waals surface area contributed by atoms with Crippen LogP contribution in [0, 0.1) is 18.6 Å². The Morgan fingerprint density at radius 2 is 1.88 bits per heavy atom. The van der Waals surface area contributed by atoms with Crippen LogP contribution in [-0.4, -0.2) is 21.1 Å². The van der Waals surface area contributed by atoms with E-state index in [1.807, 2.05) is 31.2 Å². The third-order valence-electron chi connectivity index (χ3n) is 3.39. The van der Waals surface area contributed by atoms with Crippen LogP contribution in [0.3, 0.4) is 0 Å². The Hall–Kier alpha value is -2.25. The number of hydrogen-bond donors (Lipinski definition) is 1. The van der Waals surface area contributed by atoms with Gasteiger partial charge in [-0.25, -0.2) is 8.78 Å². The van der Waals surface area contributed by atoms with E-state index in [1.54, 1.807) is 0 Å². The van der Waals surface area contributed by atoms with Crippen molar-refractivity contribution in [2.24, 2.45) is 0 Å². The van der Waals surface area contributed by atoms with Crippen LogP contribution in [-0.2, 0) is 0 Å². The average Bonchev–Trinajstić information content (AvgIpc) is 3.02. The van der Waals surface area contributed by atoms with Crippen molar-refractivity contribution in [3.05, 3.63) is 65.2 Å². The largest absolute Gasteiger partial charge is 0.411 e. The molecule has 1 N–H and O–H groups in total. The van der Waals surface area contributed by atoms with Gasteiger partial charge in [0.25, 0.3) is 5.22 Å². The van der Waals surface area contributed by atoms with Gasteiger partial charge in [0, 0.05) is 22.9 Å². The molecule has 1 unspecified atom stereocenters. The van der Waals surface area contributed by atoms with Gasteiger partial charge >= 0.3 is 0 Å². The molecule has 3 rings (SSSR count). The minimum absolute atomic E-state index is 0.0298. The number of hydrogen-bond acceptors (Lipinski definition) is 5. The lowest BCUT2D eigenvalue weighted by Gasteiger charge is -2.10. The Morgan fingerprint density at radius 3 is 2.58 bits per heavy atom. The van der Waals surface area contributed by atoms with Gasteiger partial charge in [-0.1, -0.05) is 35.5 Å². The SMILES string of the molecule is Cc1ccc(-c2nnc(SCC(O)c3ccc(F)cc3F)o2)cc1. The highest BCUT2D eigenvalue weighted by atomic mass is 32.2. The first-order valence-electron chi connectivity index (χ1n) is 7.19. The van der Waals surface area contributed by atoms with Crippen molar-refractivity contribution in [1.82, 2.24) is 10.2 Å². The Bertz CT molecular complexity index is 837. The topological polar surface area (TPSA) is 59.2 Å². The van der Waals surface area contributed by atoms with E-state index in [0.717, 1.165) is 35.0 Å². The average molecular weight is 348 g/mol. The monoisotopic (exact) mass is 348 g/mol. The van der Waals surface area contributed by atoms with E-state index in [1.165, 1.54) is 6.07 Å². The zero-order valence-electron chi connectivity index (χ0n) is 12.7. The molecule has 0 radical (unpaired) electrons. The molecule has 4 nitrogen and oxygen atoms in total. The second-order valence-corrected chi connectivity index (χ2v) is 6.20. The normalized spacial score (nSPS) is 12.3. The smallest absolute Gasteiger partial charge is 0.276 e. The van der Waals surface area contributed by atoms with Crippen molar-refractivity contribution in [1.29, 1.82) is 0 Å². The summed E-state index contributed by atoms with van der Waals surface area (Å²) in [4.78, 5) is 0. The van der Waals surface area contributed by atoms with Gasteiger partial charge in [-0.05, 0) is 25.1 Å². The molecule has 0 aliphatic heterocycles. The van der Waals surface area contributed by atoms with Crippen LogP contribution in [0.1, 0.15) is 17.2 Å². The predicted molar refractivity (Wildman–Crippen MR) is 86.5 cm³/mol. The van der Waals surface area contributed by atoms with Crippen LogP contribution in [0.15, 0.2) is 52.1 Å². The van der Waals surface area contributed by atoms with E-state index in [9.17, 15) is 13.9 Å². The first-order chi connectivity index (χ1) is 11.5. The summed E-state index contributed by atoms with van der Waals surface area (Å²) in [6, 6.07) is 10.7. The molecule has 0 aliphatic carbocycles. The van der Waals surface area contributed by atoms with Crippen molar-refractivity contribution in [3.8, 4) is 11.5 Å². The Labute approximate surface area is 141 Å². The lowest BCUT2D eigenvalue weighted by molar-refractivity contribution is 0.198. The number of thioether (sulfide) groups is 1. The third-order valence-corrected chi connectivity index (χ3v) is 4.29. The van der Waals surface area contributed by atoms with Gasteiger partial charge in [0.1, 0.15) is 11.6 Å². The van der Waals surface area contributed by atoms with Crippen molar-refractivity contribution < 1.29 is 18.3 Å². The molecular weight excluding hydrogens is 334 g/mol. The van der Waals surface area contributed by atoms with Gasteiger partial charge in [-0.15, -0.1) is 10.2 Å². The second kappa shape index (κ2) is 7.11. The molecule has 0 amide bonds. The highest BCUT2D eigenvalue weighted by Gasteiger charge is 2.16. The highest BCUT2D eigenvalue weighted by molar-refractivity contribution is 7.99. The number of aromatic nitrogens is 2. The van der Waals surface area contributed by atoms with Crippen LogP contribution in [0.25, 0.3) is 11.5 Å². The van der Waals surface area contributed by atoms with Gasteiger partial charge < -0.3 is 9.52 Å². The molecule has 0 bridgehead atoms. The molecule has 2 aromatic carbocycles. The third kappa shape index (κ3) is 3.80. The van der Waals surface area contributed by atoms with E-state index in [-0.39, 0.29) is 16.5 Å². The maximum atomic E-state index is 13.6. The summed E-state index contributed by atoms with van der Waals surface area (Å²) >= 11 is 1.10. The number of nitrogens with zero attached hydrogens (tertiary/aromatic N) is 2. The molecule has 24 heavy (non-hydrogen) atoms. The Kier molecular flexibility index (Phi) is 4.92. The van der Waals surface area contributed by atoms with E-state index in [0.29, 0.717) is 5.89 Å². The van der Waals surface area contributed by atoms with Gasteiger partial charge in [-0.3, -0.25) is 0 Å². The number of rotatable bonds is 5. The fourth-order valence-electron chi connectivity index (χ4n) is 2.09. The minimum Gasteiger partial charge on any atom is -0.411 e. The van der Waals surface area contributed by atoms with E-state index in [2.05, 4.69) is 10.2 Å². The predicted octanol–water partition coefficient (Wildman–Crippen LogP) is 4.15. The van der Waals surface area contributed by atoms with Crippen molar-refractivity contribution in [2.45, 2.75) is 18.3 Å². The Morgan fingerprint density at radius 1 is 1.12 bits per heavy atom. The lowest BCUT2D eigenvalue weighted by atomic mass is 10.1. The summed E-state index contributed by atoms with van der Waals surface area (Å²) in [5.41, 5.74) is 1.95. The molecule has 0 saturated carbocycles. The number of aliphatic hydroxyl groups is 1. The van der Waals surface area contributed by atoms with Gasteiger partial charge in [0.2, 0.25) is 5.89 Å². The molecule has 7 heteroatoms. The molecule has 1 atom stereocenters. The standard InChI is InChI=1S/C17H14F2N2O2S/c1-10-2-4-11(5-3-10)16-20-21-17(23-16)24-9-15(22)13-7-6-12(18)8-14(13)19/h2-8,15,22H,9H2,1H3. The van der Waals surface area contributed by atoms with Crippen LogP contribution >= 0.6 is 11.8 Å². The molecular formula is C17H14F2N2O2S.